The van der Waals surface area contributed by atoms with Gasteiger partial charge in [0.1, 0.15) is 5.82 Å². The minimum absolute atomic E-state index is 0.172. The lowest BCUT2D eigenvalue weighted by atomic mass is 10.2. The van der Waals surface area contributed by atoms with Gasteiger partial charge in [-0.05, 0) is 63.2 Å². The van der Waals surface area contributed by atoms with Crippen molar-refractivity contribution in [3.8, 4) is 22.9 Å². The van der Waals surface area contributed by atoms with E-state index in [0.29, 0.717) is 49.1 Å². The van der Waals surface area contributed by atoms with E-state index >= 15 is 0 Å². The summed E-state index contributed by atoms with van der Waals surface area (Å²) in [7, 11) is 0. The molecule has 2 aromatic carbocycles. The number of nitrogens with zero attached hydrogens (tertiary/aromatic N) is 3. The molecule has 4 aromatic rings. The van der Waals surface area contributed by atoms with Gasteiger partial charge in [0.2, 0.25) is 4.96 Å². The first-order chi connectivity index (χ1) is 16.0. The quantitative estimate of drug-likeness (QED) is 0.386. The van der Waals surface area contributed by atoms with E-state index in [-0.39, 0.29) is 11.7 Å². The summed E-state index contributed by atoms with van der Waals surface area (Å²) in [5.74, 6) is 1.28. The number of rotatable bonds is 9. The average molecular weight is 469 g/mol. The van der Waals surface area contributed by atoms with Crippen LogP contribution in [0.3, 0.4) is 0 Å². The fraction of sp³-hybridized carbons (Fsp3) is 0.292. The number of halogens is 1. The highest BCUT2D eigenvalue weighted by Crippen LogP contribution is 2.29. The van der Waals surface area contributed by atoms with Crippen molar-refractivity contribution in [1.29, 1.82) is 0 Å². The van der Waals surface area contributed by atoms with E-state index in [1.807, 2.05) is 20.8 Å². The lowest BCUT2D eigenvalue weighted by Gasteiger charge is -2.12. The van der Waals surface area contributed by atoms with Crippen molar-refractivity contribution in [3.63, 3.8) is 0 Å². The maximum Gasteiger partial charge on any atom is 0.251 e. The summed E-state index contributed by atoms with van der Waals surface area (Å²) in [4.78, 5) is 19.1. The van der Waals surface area contributed by atoms with Gasteiger partial charge >= 0.3 is 0 Å². The van der Waals surface area contributed by atoms with Gasteiger partial charge in [-0.15, -0.1) is 5.10 Å². The summed E-state index contributed by atoms with van der Waals surface area (Å²) < 4.78 is 26.1. The van der Waals surface area contributed by atoms with Gasteiger partial charge < -0.3 is 14.8 Å². The summed E-state index contributed by atoms with van der Waals surface area (Å²) in [6.45, 7) is 7.26. The molecule has 2 aromatic heterocycles. The maximum atomic E-state index is 13.2. The monoisotopic (exact) mass is 468 g/mol. The average Bonchev–Trinajstić information content (AvgIpc) is 3.35. The molecule has 0 unspecified atom stereocenters. The van der Waals surface area contributed by atoms with Gasteiger partial charge in [-0.1, -0.05) is 11.3 Å². The lowest BCUT2D eigenvalue weighted by Crippen LogP contribution is -2.25. The summed E-state index contributed by atoms with van der Waals surface area (Å²) >= 11 is 1.53. The molecule has 4 rings (SSSR count). The molecule has 0 saturated carbocycles. The Bertz CT molecular complexity index is 1270. The summed E-state index contributed by atoms with van der Waals surface area (Å²) in [5.41, 5.74) is 2.26. The molecular weight excluding hydrogens is 443 g/mol. The third-order valence-electron chi connectivity index (χ3n) is 5.06. The number of benzene rings is 2. The van der Waals surface area contributed by atoms with Gasteiger partial charge in [0.25, 0.3) is 5.91 Å². The minimum Gasteiger partial charge on any atom is -0.490 e. The molecule has 33 heavy (non-hydrogen) atoms. The molecule has 9 heteroatoms. The van der Waals surface area contributed by atoms with Crippen molar-refractivity contribution >= 4 is 22.2 Å². The van der Waals surface area contributed by atoms with Crippen LogP contribution in [0.1, 0.15) is 34.8 Å². The van der Waals surface area contributed by atoms with Crippen LogP contribution >= 0.6 is 11.3 Å². The van der Waals surface area contributed by atoms with Crippen molar-refractivity contribution in [2.75, 3.05) is 19.8 Å². The van der Waals surface area contributed by atoms with E-state index in [9.17, 15) is 9.18 Å². The van der Waals surface area contributed by atoms with E-state index < -0.39 is 0 Å². The normalized spacial score (nSPS) is 11.0. The number of carbonyl (C=O) groups is 1. The van der Waals surface area contributed by atoms with Crippen LogP contribution in [0, 0.1) is 12.7 Å². The fourth-order valence-electron chi connectivity index (χ4n) is 3.42. The largest absolute Gasteiger partial charge is 0.490 e. The molecule has 7 nitrogen and oxygen atoms in total. The number of aromatic nitrogens is 3. The number of fused-ring (bicyclic) bond motifs is 1. The molecule has 1 amide bonds. The number of hydrogen-bond donors (Lipinski definition) is 1. The number of ether oxygens (including phenoxy) is 2. The molecule has 0 bridgehead atoms. The van der Waals surface area contributed by atoms with E-state index in [0.717, 1.165) is 21.1 Å². The van der Waals surface area contributed by atoms with Crippen molar-refractivity contribution in [2.45, 2.75) is 27.2 Å². The summed E-state index contributed by atoms with van der Waals surface area (Å²) in [6.07, 6.45) is 0.661. The molecule has 0 fully saturated rings. The molecule has 0 aliphatic heterocycles. The predicted molar refractivity (Wildman–Crippen MR) is 126 cm³/mol. The van der Waals surface area contributed by atoms with Crippen LogP contribution in [0.15, 0.2) is 42.5 Å². The van der Waals surface area contributed by atoms with Crippen molar-refractivity contribution in [3.05, 3.63) is 64.4 Å². The SMILES string of the molecule is CCOc1ccc(C(=O)NCCc2sc3nc(-c4ccc(F)cc4)nn3c2C)cc1OCC. The van der Waals surface area contributed by atoms with Gasteiger partial charge in [0.05, 0.1) is 18.9 Å². The standard InChI is InChI=1S/C24H25FN4O3S/c1-4-31-19-11-8-17(14-20(19)32-5-2)23(30)26-13-12-21-15(3)29-24(33-21)27-22(28-29)16-6-9-18(25)10-7-16/h6-11,14H,4-5,12-13H2,1-3H3,(H,26,30). The fourth-order valence-corrected chi connectivity index (χ4v) is 4.48. The Kier molecular flexibility index (Phi) is 6.88. The van der Waals surface area contributed by atoms with Gasteiger partial charge in [0.15, 0.2) is 17.3 Å². The molecule has 2 heterocycles. The molecule has 0 radical (unpaired) electrons. The second-order valence-corrected chi connectivity index (χ2v) is 8.34. The molecule has 172 valence electrons. The van der Waals surface area contributed by atoms with Gasteiger partial charge in [-0.25, -0.2) is 8.91 Å². The highest BCUT2D eigenvalue weighted by atomic mass is 32.1. The molecule has 0 saturated heterocycles. The van der Waals surface area contributed by atoms with Crippen LogP contribution in [0.25, 0.3) is 16.3 Å². The molecule has 0 atom stereocenters. The third-order valence-corrected chi connectivity index (χ3v) is 6.25. The van der Waals surface area contributed by atoms with Gasteiger partial charge in [-0.3, -0.25) is 4.79 Å². The Labute approximate surface area is 195 Å². The number of carbonyl (C=O) groups excluding carboxylic acids is 1. The van der Waals surface area contributed by atoms with Crippen molar-refractivity contribution < 1.29 is 18.7 Å². The molecule has 0 aliphatic rings. The van der Waals surface area contributed by atoms with Crippen molar-refractivity contribution in [1.82, 2.24) is 19.9 Å². The zero-order valence-corrected chi connectivity index (χ0v) is 19.5. The Morgan fingerprint density at radius 3 is 2.52 bits per heavy atom. The van der Waals surface area contributed by atoms with E-state index in [2.05, 4.69) is 15.4 Å². The first kappa shape index (κ1) is 22.7. The zero-order valence-electron chi connectivity index (χ0n) is 18.7. The Balaban J connectivity index is 1.41. The second kappa shape index (κ2) is 9.99. The Morgan fingerprint density at radius 1 is 1.09 bits per heavy atom. The smallest absolute Gasteiger partial charge is 0.251 e. The third kappa shape index (κ3) is 4.98. The van der Waals surface area contributed by atoms with Gasteiger partial charge in [-0.2, -0.15) is 4.98 Å². The van der Waals surface area contributed by atoms with Gasteiger partial charge in [0, 0.05) is 29.0 Å². The van der Waals surface area contributed by atoms with Crippen molar-refractivity contribution in [2.24, 2.45) is 0 Å². The van der Waals surface area contributed by atoms with Crippen LogP contribution in [0.4, 0.5) is 4.39 Å². The molecular formula is C24H25FN4O3S. The number of thiazole rings is 1. The number of amides is 1. The zero-order chi connectivity index (χ0) is 23.4. The first-order valence-corrected chi connectivity index (χ1v) is 11.6. The molecule has 1 N–H and O–H groups in total. The topological polar surface area (TPSA) is 77.8 Å². The maximum absolute atomic E-state index is 13.2. The summed E-state index contributed by atoms with van der Waals surface area (Å²) in [6, 6.07) is 11.3. The van der Waals surface area contributed by atoms with Crippen LogP contribution in [-0.4, -0.2) is 40.3 Å². The second-order valence-electron chi connectivity index (χ2n) is 7.28. The van der Waals surface area contributed by atoms with E-state index in [1.54, 1.807) is 34.8 Å². The minimum atomic E-state index is -0.292. The highest BCUT2D eigenvalue weighted by Gasteiger charge is 2.15. The lowest BCUT2D eigenvalue weighted by molar-refractivity contribution is 0.0953. The van der Waals surface area contributed by atoms with Crippen LogP contribution in [-0.2, 0) is 6.42 Å². The van der Waals surface area contributed by atoms with Crippen LogP contribution < -0.4 is 14.8 Å². The predicted octanol–water partition coefficient (Wildman–Crippen LogP) is 4.68. The van der Waals surface area contributed by atoms with Crippen LogP contribution in [0.2, 0.25) is 0 Å². The number of hydrogen-bond acceptors (Lipinski definition) is 6. The van der Waals surface area contributed by atoms with E-state index in [1.165, 1.54) is 23.5 Å². The Hall–Kier alpha value is -3.46. The molecule has 0 aliphatic carbocycles. The van der Waals surface area contributed by atoms with E-state index in [4.69, 9.17) is 9.47 Å². The van der Waals surface area contributed by atoms with Crippen LogP contribution in [0.5, 0.6) is 11.5 Å². The molecule has 0 spiro atoms. The first-order valence-electron chi connectivity index (χ1n) is 10.8. The summed E-state index contributed by atoms with van der Waals surface area (Å²) in [5, 5.41) is 7.51. The number of nitrogens with one attached hydrogen (secondary N) is 1. The Morgan fingerprint density at radius 2 is 1.82 bits per heavy atom. The number of aryl methyl sites for hydroxylation is 1. The highest BCUT2D eigenvalue weighted by molar-refractivity contribution is 7.17.